The van der Waals surface area contributed by atoms with Gasteiger partial charge in [-0.05, 0) is 38.8 Å². The molecule has 152 valence electrons. The smallest absolute Gasteiger partial charge is 0.227 e. The van der Waals surface area contributed by atoms with Gasteiger partial charge in [-0.3, -0.25) is 4.98 Å². The zero-order valence-corrected chi connectivity index (χ0v) is 17.3. The van der Waals surface area contributed by atoms with E-state index in [2.05, 4.69) is 46.3 Å². The molecule has 1 aliphatic heterocycles. The summed E-state index contributed by atoms with van der Waals surface area (Å²) in [6.07, 6.45) is 3.83. The number of nitrogens with one attached hydrogen (secondary N) is 2. The highest BCUT2D eigenvalue weighted by molar-refractivity contribution is 5.84. The van der Waals surface area contributed by atoms with Crippen molar-refractivity contribution in [3.63, 3.8) is 0 Å². The Kier molecular flexibility index (Phi) is 6.18. The Hall–Kier alpha value is -2.61. The second-order valence-electron chi connectivity index (χ2n) is 7.59. The molecule has 0 aliphatic carbocycles. The van der Waals surface area contributed by atoms with Crippen LogP contribution < -0.4 is 20.4 Å². The third-order valence-electron chi connectivity index (χ3n) is 5.04. The Morgan fingerprint density at radius 3 is 2.68 bits per heavy atom. The molecule has 8 heteroatoms. The molecule has 0 saturated heterocycles. The van der Waals surface area contributed by atoms with Crippen LogP contribution in [0.25, 0.3) is 0 Å². The van der Waals surface area contributed by atoms with Crippen molar-refractivity contribution in [1.29, 1.82) is 0 Å². The fraction of sp³-hybridized carbons (Fsp3) is 0.550. The maximum Gasteiger partial charge on any atom is 0.227 e. The molecule has 2 aromatic heterocycles. The van der Waals surface area contributed by atoms with Crippen molar-refractivity contribution >= 4 is 23.3 Å². The summed E-state index contributed by atoms with van der Waals surface area (Å²) in [4.78, 5) is 18.1. The first-order valence-electron chi connectivity index (χ1n) is 9.87. The monoisotopic (exact) mass is 385 g/mol. The standard InChI is InChI=1S/C20H31N7O/c1-6-16(28)14(4)23-20-24-18(22-11-15-8-7-9-21-10-15)17-19(25-20)27(13(2)3)12-26(17)5/h7-10,13-14,16,28H,6,11-12H2,1-5H3,(H2,22,23,24,25)/t14-,16-/m0/s1. The van der Waals surface area contributed by atoms with Crippen LogP contribution in [-0.2, 0) is 6.54 Å². The van der Waals surface area contributed by atoms with E-state index in [0.29, 0.717) is 25.0 Å². The number of aliphatic hydroxyl groups is 1. The number of hydrogen-bond donors (Lipinski definition) is 3. The molecule has 0 aromatic carbocycles. The molecular weight excluding hydrogens is 354 g/mol. The summed E-state index contributed by atoms with van der Waals surface area (Å²) in [5.74, 6) is 2.20. The van der Waals surface area contributed by atoms with E-state index in [4.69, 9.17) is 9.97 Å². The summed E-state index contributed by atoms with van der Waals surface area (Å²) in [7, 11) is 2.05. The lowest BCUT2D eigenvalue weighted by Gasteiger charge is -2.23. The normalized spacial score (nSPS) is 15.5. The largest absolute Gasteiger partial charge is 0.391 e. The highest BCUT2D eigenvalue weighted by Gasteiger charge is 2.31. The zero-order valence-electron chi connectivity index (χ0n) is 17.3. The van der Waals surface area contributed by atoms with Crippen LogP contribution in [0.1, 0.15) is 39.7 Å². The minimum absolute atomic E-state index is 0.138. The maximum atomic E-state index is 10.1. The van der Waals surface area contributed by atoms with E-state index in [1.165, 1.54) is 0 Å². The lowest BCUT2D eigenvalue weighted by molar-refractivity contribution is 0.153. The summed E-state index contributed by atoms with van der Waals surface area (Å²) in [6, 6.07) is 4.14. The summed E-state index contributed by atoms with van der Waals surface area (Å²) < 4.78 is 0. The van der Waals surface area contributed by atoms with E-state index >= 15 is 0 Å². The number of nitrogens with zero attached hydrogens (tertiary/aromatic N) is 5. The van der Waals surface area contributed by atoms with Crippen LogP contribution >= 0.6 is 0 Å². The average Bonchev–Trinajstić information content (AvgIpc) is 3.03. The van der Waals surface area contributed by atoms with Crippen molar-refractivity contribution in [1.82, 2.24) is 15.0 Å². The number of rotatable bonds is 8. The van der Waals surface area contributed by atoms with Gasteiger partial charge in [-0.25, -0.2) is 0 Å². The number of fused-ring (bicyclic) bond motifs is 1. The van der Waals surface area contributed by atoms with E-state index in [1.807, 2.05) is 32.2 Å². The van der Waals surface area contributed by atoms with Gasteiger partial charge in [-0.15, -0.1) is 0 Å². The molecule has 0 saturated carbocycles. The summed E-state index contributed by atoms with van der Waals surface area (Å²) in [6.45, 7) is 9.61. The molecule has 28 heavy (non-hydrogen) atoms. The van der Waals surface area contributed by atoms with E-state index in [-0.39, 0.29) is 6.04 Å². The van der Waals surface area contributed by atoms with E-state index < -0.39 is 6.10 Å². The summed E-state index contributed by atoms with van der Waals surface area (Å²) in [5.41, 5.74) is 2.08. The van der Waals surface area contributed by atoms with Crippen molar-refractivity contribution in [3.05, 3.63) is 30.1 Å². The van der Waals surface area contributed by atoms with E-state index in [0.717, 1.165) is 29.6 Å². The Labute approximate surface area is 167 Å². The zero-order chi connectivity index (χ0) is 20.3. The quantitative estimate of drug-likeness (QED) is 0.639. The summed E-state index contributed by atoms with van der Waals surface area (Å²) >= 11 is 0. The number of hydrogen-bond acceptors (Lipinski definition) is 8. The molecule has 3 N–H and O–H groups in total. The Morgan fingerprint density at radius 1 is 1.25 bits per heavy atom. The van der Waals surface area contributed by atoms with E-state index in [9.17, 15) is 5.11 Å². The minimum atomic E-state index is -0.451. The van der Waals surface area contributed by atoms with Gasteiger partial charge in [-0.1, -0.05) is 13.0 Å². The number of aromatic nitrogens is 3. The predicted molar refractivity (Wildman–Crippen MR) is 114 cm³/mol. The van der Waals surface area contributed by atoms with Crippen LogP contribution in [0.15, 0.2) is 24.5 Å². The van der Waals surface area contributed by atoms with E-state index in [1.54, 1.807) is 6.20 Å². The lowest BCUT2D eigenvalue weighted by atomic mass is 10.1. The molecular formula is C20H31N7O. The third kappa shape index (κ3) is 4.27. The van der Waals surface area contributed by atoms with Crippen LogP contribution in [0.2, 0.25) is 0 Å². The van der Waals surface area contributed by atoms with Crippen LogP contribution in [0.3, 0.4) is 0 Å². The maximum absolute atomic E-state index is 10.1. The molecule has 8 nitrogen and oxygen atoms in total. The fourth-order valence-electron chi connectivity index (χ4n) is 3.30. The lowest BCUT2D eigenvalue weighted by Crippen LogP contribution is -2.34. The Balaban J connectivity index is 1.93. The van der Waals surface area contributed by atoms with Crippen molar-refractivity contribution in [2.75, 3.05) is 34.1 Å². The van der Waals surface area contributed by atoms with Gasteiger partial charge >= 0.3 is 0 Å². The van der Waals surface area contributed by atoms with Crippen LogP contribution in [0, 0.1) is 0 Å². The van der Waals surface area contributed by atoms with Crippen molar-refractivity contribution in [3.8, 4) is 0 Å². The molecule has 0 radical (unpaired) electrons. The highest BCUT2D eigenvalue weighted by atomic mass is 16.3. The predicted octanol–water partition coefficient (Wildman–Crippen LogP) is 2.68. The third-order valence-corrected chi connectivity index (χ3v) is 5.04. The number of pyridine rings is 1. The molecule has 0 bridgehead atoms. The second kappa shape index (κ2) is 8.60. The van der Waals surface area contributed by atoms with Gasteiger partial charge in [0.15, 0.2) is 11.6 Å². The Bertz CT molecular complexity index is 784. The molecule has 2 atom stereocenters. The molecule has 3 rings (SSSR count). The van der Waals surface area contributed by atoms with Crippen LogP contribution in [-0.4, -0.2) is 52.0 Å². The number of aliphatic hydroxyl groups excluding tert-OH is 1. The molecule has 3 heterocycles. The van der Waals surface area contributed by atoms with Crippen molar-refractivity contribution in [2.45, 2.75) is 58.8 Å². The fourth-order valence-corrected chi connectivity index (χ4v) is 3.30. The van der Waals surface area contributed by atoms with Gasteiger partial charge in [0, 0.05) is 32.0 Å². The van der Waals surface area contributed by atoms with Crippen LogP contribution in [0.4, 0.5) is 23.3 Å². The van der Waals surface area contributed by atoms with Crippen molar-refractivity contribution < 1.29 is 5.11 Å². The van der Waals surface area contributed by atoms with Gasteiger partial charge in [0.2, 0.25) is 5.95 Å². The average molecular weight is 386 g/mol. The molecule has 0 amide bonds. The first-order valence-corrected chi connectivity index (χ1v) is 9.87. The molecule has 0 fully saturated rings. The highest BCUT2D eigenvalue weighted by Crippen LogP contribution is 2.40. The van der Waals surface area contributed by atoms with Crippen molar-refractivity contribution in [2.24, 2.45) is 0 Å². The van der Waals surface area contributed by atoms with Gasteiger partial charge < -0.3 is 25.5 Å². The minimum Gasteiger partial charge on any atom is -0.391 e. The topological polar surface area (TPSA) is 89.4 Å². The summed E-state index contributed by atoms with van der Waals surface area (Å²) in [5, 5.41) is 16.8. The molecule has 1 aliphatic rings. The SMILES string of the molecule is CC[C@H](O)[C@H](C)Nc1nc(NCc2cccnc2)c2c(n1)N(C(C)C)CN2C. The number of anilines is 4. The first kappa shape index (κ1) is 20.1. The molecule has 2 aromatic rings. The Morgan fingerprint density at radius 2 is 2.04 bits per heavy atom. The van der Waals surface area contributed by atoms with Gasteiger partial charge in [0.05, 0.1) is 18.8 Å². The van der Waals surface area contributed by atoms with Gasteiger partial charge in [-0.2, -0.15) is 9.97 Å². The molecule has 0 spiro atoms. The first-order chi connectivity index (χ1) is 13.4. The second-order valence-corrected chi connectivity index (χ2v) is 7.59. The molecule has 0 unspecified atom stereocenters. The van der Waals surface area contributed by atoms with Gasteiger partial charge in [0.1, 0.15) is 5.69 Å². The van der Waals surface area contributed by atoms with Crippen LogP contribution in [0.5, 0.6) is 0 Å². The van der Waals surface area contributed by atoms with Gasteiger partial charge in [0.25, 0.3) is 0 Å².